The zero-order valence-corrected chi connectivity index (χ0v) is 8.37. The van der Waals surface area contributed by atoms with Gasteiger partial charge in [0, 0.05) is 23.0 Å². The SMILES string of the molecule is CC(=O)C(C)c1c[nH]c2ccccc12. The van der Waals surface area contributed by atoms with Crippen LogP contribution in [-0.2, 0) is 4.79 Å². The quantitative estimate of drug-likeness (QED) is 0.770. The first-order chi connectivity index (χ1) is 6.70. The molecular formula is C12H13NO. The number of nitrogens with one attached hydrogen (secondary N) is 1. The number of carbonyl (C=O) groups is 1. The van der Waals surface area contributed by atoms with Crippen molar-refractivity contribution < 1.29 is 4.79 Å². The van der Waals surface area contributed by atoms with Gasteiger partial charge in [-0.2, -0.15) is 0 Å². The molecule has 1 aromatic carbocycles. The van der Waals surface area contributed by atoms with Gasteiger partial charge in [-0.1, -0.05) is 25.1 Å². The van der Waals surface area contributed by atoms with Crippen molar-refractivity contribution in [1.29, 1.82) is 0 Å². The largest absolute Gasteiger partial charge is 0.361 e. The van der Waals surface area contributed by atoms with E-state index in [9.17, 15) is 4.79 Å². The Morgan fingerprint density at radius 3 is 2.79 bits per heavy atom. The van der Waals surface area contributed by atoms with E-state index in [1.807, 2.05) is 37.4 Å². The van der Waals surface area contributed by atoms with E-state index in [0.29, 0.717) is 0 Å². The lowest BCUT2D eigenvalue weighted by molar-refractivity contribution is -0.118. The molecule has 0 saturated heterocycles. The minimum Gasteiger partial charge on any atom is -0.361 e. The average molecular weight is 187 g/mol. The summed E-state index contributed by atoms with van der Waals surface area (Å²) in [6.07, 6.45) is 1.93. The van der Waals surface area contributed by atoms with Crippen LogP contribution in [0.25, 0.3) is 10.9 Å². The van der Waals surface area contributed by atoms with Gasteiger partial charge in [0.25, 0.3) is 0 Å². The van der Waals surface area contributed by atoms with Gasteiger partial charge >= 0.3 is 0 Å². The normalized spacial score (nSPS) is 13.0. The summed E-state index contributed by atoms with van der Waals surface area (Å²) in [6.45, 7) is 3.57. The standard InChI is InChI=1S/C12H13NO/c1-8(9(2)14)11-7-13-12-6-4-3-5-10(11)12/h3-8,13H,1-2H3. The highest BCUT2D eigenvalue weighted by atomic mass is 16.1. The Bertz CT molecular complexity index is 470. The summed E-state index contributed by atoms with van der Waals surface area (Å²) < 4.78 is 0. The van der Waals surface area contributed by atoms with Crippen molar-refractivity contribution in [2.24, 2.45) is 0 Å². The highest BCUT2D eigenvalue weighted by Crippen LogP contribution is 2.25. The molecule has 72 valence electrons. The van der Waals surface area contributed by atoms with Crippen LogP contribution >= 0.6 is 0 Å². The summed E-state index contributed by atoms with van der Waals surface area (Å²) in [5, 5.41) is 1.15. The smallest absolute Gasteiger partial charge is 0.137 e. The van der Waals surface area contributed by atoms with Crippen molar-refractivity contribution in [3.8, 4) is 0 Å². The summed E-state index contributed by atoms with van der Waals surface area (Å²) >= 11 is 0. The lowest BCUT2D eigenvalue weighted by Crippen LogP contribution is -2.02. The molecule has 0 bridgehead atoms. The predicted octanol–water partition coefficient (Wildman–Crippen LogP) is 2.86. The molecule has 0 aliphatic carbocycles. The van der Waals surface area contributed by atoms with Gasteiger partial charge in [0.05, 0.1) is 0 Å². The molecule has 0 spiro atoms. The van der Waals surface area contributed by atoms with E-state index in [1.54, 1.807) is 6.92 Å². The molecule has 1 heterocycles. The van der Waals surface area contributed by atoms with Gasteiger partial charge < -0.3 is 4.98 Å². The van der Waals surface area contributed by atoms with Crippen molar-refractivity contribution in [1.82, 2.24) is 4.98 Å². The molecule has 0 aliphatic rings. The molecular weight excluding hydrogens is 174 g/mol. The molecule has 0 radical (unpaired) electrons. The van der Waals surface area contributed by atoms with Crippen LogP contribution in [0.1, 0.15) is 25.3 Å². The second kappa shape index (κ2) is 3.29. The molecule has 1 unspecified atom stereocenters. The van der Waals surface area contributed by atoms with Gasteiger partial charge in [-0.3, -0.25) is 4.79 Å². The summed E-state index contributed by atoms with van der Waals surface area (Å²) in [7, 11) is 0. The van der Waals surface area contributed by atoms with Crippen LogP contribution < -0.4 is 0 Å². The number of aromatic amines is 1. The van der Waals surface area contributed by atoms with Crippen LogP contribution in [0.3, 0.4) is 0 Å². The maximum Gasteiger partial charge on any atom is 0.137 e. The predicted molar refractivity (Wildman–Crippen MR) is 57.4 cm³/mol. The first kappa shape index (κ1) is 9.00. The van der Waals surface area contributed by atoms with Gasteiger partial charge in [-0.05, 0) is 18.6 Å². The highest BCUT2D eigenvalue weighted by molar-refractivity contribution is 5.91. The average Bonchev–Trinajstić information content (AvgIpc) is 2.60. The van der Waals surface area contributed by atoms with E-state index >= 15 is 0 Å². The zero-order valence-electron chi connectivity index (χ0n) is 8.37. The number of hydrogen-bond donors (Lipinski definition) is 1. The van der Waals surface area contributed by atoms with Crippen molar-refractivity contribution in [2.45, 2.75) is 19.8 Å². The van der Waals surface area contributed by atoms with Crippen molar-refractivity contribution in [2.75, 3.05) is 0 Å². The van der Waals surface area contributed by atoms with Crippen LogP contribution in [0.15, 0.2) is 30.5 Å². The third kappa shape index (κ3) is 1.33. The third-order valence-corrected chi connectivity index (χ3v) is 2.70. The van der Waals surface area contributed by atoms with Crippen molar-refractivity contribution in [3.63, 3.8) is 0 Å². The van der Waals surface area contributed by atoms with Gasteiger partial charge in [-0.25, -0.2) is 0 Å². The molecule has 14 heavy (non-hydrogen) atoms. The third-order valence-electron chi connectivity index (χ3n) is 2.70. The van der Waals surface area contributed by atoms with Gasteiger partial charge in [0.15, 0.2) is 0 Å². The first-order valence-electron chi connectivity index (χ1n) is 4.76. The lowest BCUT2D eigenvalue weighted by Gasteiger charge is -2.04. The second-order valence-electron chi connectivity index (χ2n) is 3.62. The highest BCUT2D eigenvalue weighted by Gasteiger charge is 2.14. The molecule has 0 fully saturated rings. The zero-order chi connectivity index (χ0) is 10.1. The molecule has 2 nitrogen and oxygen atoms in total. The van der Waals surface area contributed by atoms with Crippen LogP contribution in [0, 0.1) is 0 Å². The minimum absolute atomic E-state index is 0.0221. The maximum atomic E-state index is 11.3. The number of H-pyrrole nitrogens is 1. The Hall–Kier alpha value is -1.57. The molecule has 0 aliphatic heterocycles. The van der Waals surface area contributed by atoms with Gasteiger partial charge in [-0.15, -0.1) is 0 Å². The number of hydrogen-bond acceptors (Lipinski definition) is 1. The number of ketones is 1. The van der Waals surface area contributed by atoms with Crippen LogP contribution in [0.5, 0.6) is 0 Å². The van der Waals surface area contributed by atoms with Crippen LogP contribution in [0.2, 0.25) is 0 Å². The maximum absolute atomic E-state index is 11.3. The summed E-state index contributed by atoms with van der Waals surface area (Å²) in [6, 6.07) is 8.04. The number of aromatic nitrogens is 1. The van der Waals surface area contributed by atoms with E-state index in [-0.39, 0.29) is 11.7 Å². The van der Waals surface area contributed by atoms with Gasteiger partial charge in [0.1, 0.15) is 5.78 Å². The summed E-state index contributed by atoms with van der Waals surface area (Å²) in [5.41, 5.74) is 2.18. The Morgan fingerprint density at radius 1 is 1.36 bits per heavy atom. The molecule has 0 saturated carbocycles. The number of para-hydroxylation sites is 1. The number of benzene rings is 1. The van der Waals surface area contributed by atoms with E-state index in [1.165, 1.54) is 0 Å². The number of Topliss-reactive ketones (excluding diaryl/α,β-unsaturated/α-hetero) is 1. The minimum atomic E-state index is -0.0221. The molecule has 1 N–H and O–H groups in total. The fraction of sp³-hybridized carbons (Fsp3) is 0.250. The van der Waals surface area contributed by atoms with Crippen LogP contribution in [0.4, 0.5) is 0 Å². The lowest BCUT2D eigenvalue weighted by atomic mass is 9.97. The molecule has 1 atom stereocenters. The van der Waals surface area contributed by atoms with E-state index in [0.717, 1.165) is 16.5 Å². The van der Waals surface area contributed by atoms with Crippen LogP contribution in [-0.4, -0.2) is 10.8 Å². The fourth-order valence-corrected chi connectivity index (χ4v) is 1.67. The topological polar surface area (TPSA) is 32.9 Å². The molecule has 2 heteroatoms. The summed E-state index contributed by atoms with van der Waals surface area (Å²) in [4.78, 5) is 14.4. The van der Waals surface area contributed by atoms with E-state index < -0.39 is 0 Å². The Balaban J connectivity index is 2.58. The van der Waals surface area contributed by atoms with Crippen molar-refractivity contribution in [3.05, 3.63) is 36.0 Å². The fourth-order valence-electron chi connectivity index (χ4n) is 1.67. The van der Waals surface area contributed by atoms with Gasteiger partial charge in [0.2, 0.25) is 0 Å². The summed E-state index contributed by atoms with van der Waals surface area (Å²) in [5.74, 6) is 0.181. The molecule has 0 amide bonds. The van der Waals surface area contributed by atoms with E-state index in [4.69, 9.17) is 0 Å². The Kier molecular flexibility index (Phi) is 2.12. The molecule has 1 aromatic heterocycles. The number of rotatable bonds is 2. The monoisotopic (exact) mass is 187 g/mol. The first-order valence-corrected chi connectivity index (χ1v) is 4.76. The number of carbonyl (C=O) groups excluding carboxylic acids is 1. The van der Waals surface area contributed by atoms with E-state index in [2.05, 4.69) is 4.98 Å². The van der Waals surface area contributed by atoms with Crippen molar-refractivity contribution >= 4 is 16.7 Å². The molecule has 2 aromatic rings. The molecule has 2 rings (SSSR count). The second-order valence-corrected chi connectivity index (χ2v) is 3.62. The Morgan fingerprint density at radius 2 is 2.07 bits per heavy atom. The number of fused-ring (bicyclic) bond motifs is 1. The Labute approximate surface area is 82.9 Å².